The van der Waals surface area contributed by atoms with E-state index in [-0.39, 0.29) is 5.92 Å². The molecule has 2 fully saturated rings. The van der Waals surface area contributed by atoms with Gasteiger partial charge in [-0.1, -0.05) is 6.42 Å². The standard InChI is InChI=1S/C21H28N4O3/c1-24(21(26)14-5-4-6-14)15-7-9-25(10-8-15)20-16-11-18(27-2)19(28-3)12-17(16)22-13-23-20/h11-15H,4-10H2,1-3H3. The summed E-state index contributed by atoms with van der Waals surface area (Å²) in [6.45, 7) is 1.74. The number of methoxy groups -OCH3 is 2. The number of amides is 1. The van der Waals surface area contributed by atoms with Gasteiger partial charge in [0.25, 0.3) is 0 Å². The summed E-state index contributed by atoms with van der Waals surface area (Å²) in [6.07, 6.45) is 6.81. The molecule has 7 nitrogen and oxygen atoms in total. The Kier molecular flexibility index (Phi) is 5.24. The summed E-state index contributed by atoms with van der Waals surface area (Å²) in [5.41, 5.74) is 0.835. The minimum Gasteiger partial charge on any atom is -0.493 e. The lowest BCUT2D eigenvalue weighted by Gasteiger charge is -2.39. The maximum Gasteiger partial charge on any atom is 0.225 e. The van der Waals surface area contributed by atoms with Crippen molar-refractivity contribution in [1.29, 1.82) is 0 Å². The Morgan fingerprint density at radius 2 is 1.75 bits per heavy atom. The molecule has 2 heterocycles. The first-order chi connectivity index (χ1) is 13.6. The van der Waals surface area contributed by atoms with Crippen molar-refractivity contribution in [1.82, 2.24) is 14.9 Å². The first-order valence-corrected chi connectivity index (χ1v) is 10.0. The second-order valence-electron chi connectivity index (χ2n) is 7.72. The molecule has 1 aliphatic heterocycles. The molecule has 150 valence electrons. The second kappa shape index (κ2) is 7.81. The van der Waals surface area contributed by atoms with Crippen molar-refractivity contribution < 1.29 is 14.3 Å². The van der Waals surface area contributed by atoms with Gasteiger partial charge in [-0.05, 0) is 31.7 Å². The predicted octanol–water partition coefficient (Wildman–Crippen LogP) is 2.87. The zero-order chi connectivity index (χ0) is 19.7. The summed E-state index contributed by atoms with van der Waals surface area (Å²) in [4.78, 5) is 25.8. The predicted molar refractivity (Wildman–Crippen MR) is 108 cm³/mol. The zero-order valence-electron chi connectivity index (χ0n) is 16.9. The molecule has 0 atom stereocenters. The zero-order valence-corrected chi connectivity index (χ0v) is 16.9. The molecule has 0 bridgehead atoms. The van der Waals surface area contributed by atoms with Crippen LogP contribution in [0, 0.1) is 5.92 Å². The van der Waals surface area contributed by atoms with Gasteiger partial charge in [0, 0.05) is 43.5 Å². The highest BCUT2D eigenvalue weighted by molar-refractivity contribution is 5.92. The number of carbonyl (C=O) groups is 1. The van der Waals surface area contributed by atoms with Crippen LogP contribution in [0.2, 0.25) is 0 Å². The molecule has 1 aromatic carbocycles. The van der Waals surface area contributed by atoms with Crippen LogP contribution in [0.25, 0.3) is 10.9 Å². The summed E-state index contributed by atoms with van der Waals surface area (Å²) in [7, 11) is 5.23. The topological polar surface area (TPSA) is 67.8 Å². The van der Waals surface area contributed by atoms with Crippen molar-refractivity contribution in [2.45, 2.75) is 38.1 Å². The lowest BCUT2D eigenvalue weighted by Crippen LogP contribution is -2.48. The van der Waals surface area contributed by atoms with Crippen molar-refractivity contribution in [3.8, 4) is 11.5 Å². The highest BCUT2D eigenvalue weighted by atomic mass is 16.5. The van der Waals surface area contributed by atoms with E-state index >= 15 is 0 Å². The fourth-order valence-electron chi connectivity index (χ4n) is 4.21. The van der Waals surface area contributed by atoms with Crippen molar-refractivity contribution >= 4 is 22.6 Å². The van der Waals surface area contributed by atoms with Crippen LogP contribution >= 0.6 is 0 Å². The van der Waals surface area contributed by atoms with Crippen molar-refractivity contribution in [3.63, 3.8) is 0 Å². The average Bonchev–Trinajstić information content (AvgIpc) is 2.70. The molecule has 28 heavy (non-hydrogen) atoms. The van der Waals surface area contributed by atoms with Crippen LogP contribution < -0.4 is 14.4 Å². The lowest BCUT2D eigenvalue weighted by atomic mass is 9.84. The second-order valence-corrected chi connectivity index (χ2v) is 7.72. The van der Waals surface area contributed by atoms with Gasteiger partial charge < -0.3 is 19.3 Å². The first-order valence-electron chi connectivity index (χ1n) is 10.0. The fourth-order valence-corrected chi connectivity index (χ4v) is 4.21. The van der Waals surface area contributed by atoms with E-state index in [4.69, 9.17) is 9.47 Å². The van der Waals surface area contributed by atoms with E-state index in [1.54, 1.807) is 20.5 Å². The molecule has 1 saturated heterocycles. The Bertz CT molecular complexity index is 860. The monoisotopic (exact) mass is 384 g/mol. The summed E-state index contributed by atoms with van der Waals surface area (Å²) in [5.74, 6) is 2.84. The third-order valence-corrected chi connectivity index (χ3v) is 6.23. The molecule has 1 aliphatic carbocycles. The molecule has 0 spiro atoms. The normalized spacial score (nSPS) is 18.0. The quantitative estimate of drug-likeness (QED) is 0.790. The number of benzene rings is 1. The van der Waals surface area contributed by atoms with Crippen molar-refractivity contribution in [3.05, 3.63) is 18.5 Å². The maximum atomic E-state index is 12.5. The van der Waals surface area contributed by atoms with Gasteiger partial charge in [-0.2, -0.15) is 0 Å². The van der Waals surface area contributed by atoms with Gasteiger partial charge in [-0.15, -0.1) is 0 Å². The summed E-state index contributed by atoms with van der Waals surface area (Å²) in [6, 6.07) is 4.14. The molecule has 4 rings (SSSR count). The van der Waals surface area contributed by atoms with Crippen molar-refractivity contribution in [2.24, 2.45) is 5.92 Å². The Labute approximate surface area is 165 Å². The molecular weight excluding hydrogens is 356 g/mol. The largest absolute Gasteiger partial charge is 0.493 e. The van der Waals surface area contributed by atoms with E-state index in [1.165, 1.54) is 6.42 Å². The van der Waals surface area contributed by atoms with Crippen LogP contribution in [0.15, 0.2) is 18.5 Å². The van der Waals surface area contributed by atoms with Crippen LogP contribution in [-0.2, 0) is 4.79 Å². The van der Waals surface area contributed by atoms with Gasteiger partial charge in [-0.3, -0.25) is 4.79 Å². The molecule has 0 unspecified atom stereocenters. The summed E-state index contributed by atoms with van der Waals surface area (Å²) >= 11 is 0. The van der Waals surface area contributed by atoms with Gasteiger partial charge >= 0.3 is 0 Å². The van der Waals surface area contributed by atoms with Crippen LogP contribution in [0.4, 0.5) is 5.82 Å². The molecule has 7 heteroatoms. The van der Waals surface area contributed by atoms with Gasteiger partial charge in [0.2, 0.25) is 5.91 Å². The summed E-state index contributed by atoms with van der Waals surface area (Å²) in [5, 5.41) is 0.956. The number of hydrogen-bond donors (Lipinski definition) is 0. The van der Waals surface area contributed by atoms with Gasteiger partial charge in [0.05, 0.1) is 19.7 Å². The number of nitrogens with zero attached hydrogens (tertiary/aromatic N) is 4. The molecule has 1 aromatic heterocycles. The Morgan fingerprint density at radius 1 is 1.07 bits per heavy atom. The van der Waals surface area contributed by atoms with E-state index in [0.717, 1.165) is 55.5 Å². The number of fused-ring (bicyclic) bond motifs is 1. The molecule has 2 aromatic rings. The van der Waals surface area contributed by atoms with Gasteiger partial charge in [-0.25, -0.2) is 9.97 Å². The molecule has 0 N–H and O–H groups in total. The number of aromatic nitrogens is 2. The highest BCUT2D eigenvalue weighted by Crippen LogP contribution is 2.36. The number of anilines is 1. The van der Waals surface area contributed by atoms with Gasteiger partial charge in [0.15, 0.2) is 11.5 Å². The molecule has 1 saturated carbocycles. The third kappa shape index (κ3) is 3.34. The first kappa shape index (κ1) is 18.8. The van der Waals surface area contributed by atoms with Crippen molar-refractivity contribution in [2.75, 3.05) is 39.3 Å². The molecule has 2 aliphatic rings. The van der Waals surface area contributed by atoms with Crippen LogP contribution in [0.3, 0.4) is 0 Å². The van der Waals surface area contributed by atoms with Crippen LogP contribution in [0.1, 0.15) is 32.1 Å². The minimum atomic E-state index is 0.260. The molecule has 1 amide bonds. The maximum absolute atomic E-state index is 12.5. The number of hydrogen-bond acceptors (Lipinski definition) is 6. The lowest BCUT2D eigenvalue weighted by molar-refractivity contribution is -0.139. The SMILES string of the molecule is COc1cc2ncnc(N3CCC(N(C)C(=O)C4CCC4)CC3)c2cc1OC. The Morgan fingerprint density at radius 3 is 2.36 bits per heavy atom. The van der Waals surface area contributed by atoms with E-state index < -0.39 is 0 Å². The summed E-state index contributed by atoms with van der Waals surface area (Å²) < 4.78 is 10.8. The minimum absolute atomic E-state index is 0.260. The van der Waals surface area contributed by atoms with E-state index in [9.17, 15) is 4.79 Å². The fraction of sp³-hybridized carbons (Fsp3) is 0.571. The smallest absolute Gasteiger partial charge is 0.225 e. The number of ether oxygens (including phenoxy) is 2. The molecule has 0 radical (unpaired) electrons. The van der Waals surface area contributed by atoms with E-state index in [2.05, 4.69) is 14.9 Å². The van der Waals surface area contributed by atoms with E-state index in [1.807, 2.05) is 24.1 Å². The van der Waals surface area contributed by atoms with Gasteiger partial charge in [0.1, 0.15) is 12.1 Å². The third-order valence-electron chi connectivity index (χ3n) is 6.23. The van der Waals surface area contributed by atoms with Crippen LogP contribution in [0.5, 0.6) is 11.5 Å². The Balaban J connectivity index is 1.51. The Hall–Kier alpha value is -2.57. The van der Waals surface area contributed by atoms with Crippen LogP contribution in [-0.4, -0.2) is 61.2 Å². The van der Waals surface area contributed by atoms with E-state index in [0.29, 0.717) is 23.4 Å². The molecular formula is C21H28N4O3. The number of rotatable bonds is 5. The average molecular weight is 384 g/mol. The number of carbonyl (C=O) groups excluding carboxylic acids is 1. The highest BCUT2D eigenvalue weighted by Gasteiger charge is 2.33. The number of piperidine rings is 1.